The fourth-order valence-electron chi connectivity index (χ4n) is 3.45. The van der Waals surface area contributed by atoms with Crippen LogP contribution in [0.1, 0.15) is 30.4 Å². The summed E-state index contributed by atoms with van der Waals surface area (Å²) < 4.78 is 5.95. The Morgan fingerprint density at radius 3 is 2.56 bits per heavy atom. The number of hydrogen-bond donors (Lipinski definition) is 1. The maximum Gasteiger partial charge on any atom is 0.138 e. The second-order valence-corrected chi connectivity index (χ2v) is 6.99. The number of hydrogen-bond acceptors (Lipinski definition) is 3. The number of nitrogens with zero attached hydrogens (tertiary/aromatic N) is 1. The van der Waals surface area contributed by atoms with E-state index in [4.69, 9.17) is 16.3 Å². The largest absolute Gasteiger partial charge is 0.492 e. The molecule has 1 aliphatic rings. The highest BCUT2D eigenvalue weighted by Crippen LogP contribution is 2.37. The molecule has 4 heteroatoms. The third kappa shape index (κ3) is 4.35. The molecule has 1 N–H and O–H groups in total. The zero-order chi connectivity index (χ0) is 17.6. The van der Waals surface area contributed by atoms with Gasteiger partial charge in [-0.1, -0.05) is 41.9 Å². The summed E-state index contributed by atoms with van der Waals surface area (Å²) >= 11 is 6.62. The molecule has 0 amide bonds. The number of rotatable bonds is 7. The van der Waals surface area contributed by atoms with E-state index >= 15 is 0 Å². The third-order valence-electron chi connectivity index (χ3n) is 4.94. The summed E-state index contributed by atoms with van der Waals surface area (Å²) in [6, 6.07) is 11.8. The zero-order valence-electron chi connectivity index (χ0n) is 14.8. The van der Waals surface area contributed by atoms with Crippen molar-refractivity contribution >= 4 is 11.6 Å². The maximum absolute atomic E-state index is 9.49. The Bertz CT molecular complexity index is 711. The molecule has 0 aliphatic carbocycles. The normalized spacial score (nSPS) is 14.8. The van der Waals surface area contributed by atoms with Crippen LogP contribution in [-0.2, 0) is 6.61 Å². The molecule has 1 saturated heterocycles. The molecule has 1 aliphatic heterocycles. The van der Waals surface area contributed by atoms with Crippen LogP contribution in [0.4, 0.5) is 0 Å². The van der Waals surface area contributed by atoms with Gasteiger partial charge in [0.05, 0.1) is 18.2 Å². The molecule has 3 nitrogen and oxygen atoms in total. The number of halogens is 1. The molecule has 0 unspecified atom stereocenters. The van der Waals surface area contributed by atoms with Crippen molar-refractivity contribution in [1.82, 2.24) is 4.90 Å². The van der Waals surface area contributed by atoms with Crippen molar-refractivity contribution in [3.8, 4) is 16.9 Å². The number of ether oxygens (including phenoxy) is 1. The highest BCUT2D eigenvalue weighted by Gasteiger charge is 2.14. The van der Waals surface area contributed by atoms with Gasteiger partial charge in [-0.2, -0.15) is 0 Å². The highest BCUT2D eigenvalue weighted by atomic mass is 35.5. The number of aliphatic hydroxyl groups is 1. The van der Waals surface area contributed by atoms with Crippen molar-refractivity contribution in [1.29, 1.82) is 0 Å². The van der Waals surface area contributed by atoms with Crippen LogP contribution in [0.5, 0.6) is 5.75 Å². The van der Waals surface area contributed by atoms with Crippen molar-refractivity contribution in [2.45, 2.75) is 32.8 Å². The average molecular weight is 360 g/mol. The van der Waals surface area contributed by atoms with Crippen molar-refractivity contribution in [2.75, 3.05) is 26.2 Å². The van der Waals surface area contributed by atoms with Crippen LogP contribution in [0.15, 0.2) is 36.4 Å². The van der Waals surface area contributed by atoms with Gasteiger partial charge in [0, 0.05) is 12.1 Å². The van der Waals surface area contributed by atoms with Gasteiger partial charge in [-0.25, -0.2) is 0 Å². The average Bonchev–Trinajstić information content (AvgIpc) is 3.14. The summed E-state index contributed by atoms with van der Waals surface area (Å²) in [5.41, 5.74) is 3.97. The van der Waals surface area contributed by atoms with Gasteiger partial charge in [0.2, 0.25) is 0 Å². The van der Waals surface area contributed by atoms with E-state index in [1.165, 1.54) is 25.9 Å². The van der Waals surface area contributed by atoms with E-state index in [0.29, 0.717) is 11.6 Å². The molecule has 3 rings (SSSR count). The van der Waals surface area contributed by atoms with Crippen molar-refractivity contribution in [3.05, 3.63) is 52.5 Å². The van der Waals surface area contributed by atoms with Crippen LogP contribution in [0.3, 0.4) is 0 Å². The van der Waals surface area contributed by atoms with E-state index in [-0.39, 0.29) is 6.61 Å². The Morgan fingerprint density at radius 1 is 1.08 bits per heavy atom. The van der Waals surface area contributed by atoms with Crippen LogP contribution in [0.25, 0.3) is 11.1 Å². The van der Waals surface area contributed by atoms with Crippen LogP contribution in [-0.4, -0.2) is 36.2 Å². The van der Waals surface area contributed by atoms with Gasteiger partial charge < -0.3 is 14.7 Å². The molecule has 25 heavy (non-hydrogen) atoms. The molecule has 0 atom stereocenters. The Hall–Kier alpha value is -1.55. The molecule has 134 valence electrons. The summed E-state index contributed by atoms with van der Waals surface area (Å²) in [7, 11) is 0. The quantitative estimate of drug-likeness (QED) is 0.729. The lowest BCUT2D eigenvalue weighted by atomic mass is 9.96. The molecule has 2 aromatic rings. The molecule has 1 fully saturated rings. The van der Waals surface area contributed by atoms with Gasteiger partial charge in [-0.15, -0.1) is 0 Å². The maximum atomic E-state index is 9.49. The van der Waals surface area contributed by atoms with Gasteiger partial charge >= 0.3 is 0 Å². The predicted molar refractivity (Wildman–Crippen MR) is 103 cm³/mol. The summed E-state index contributed by atoms with van der Waals surface area (Å²) in [5, 5.41) is 10.1. The summed E-state index contributed by atoms with van der Waals surface area (Å²) in [4.78, 5) is 2.49. The van der Waals surface area contributed by atoms with Crippen LogP contribution in [0, 0.1) is 6.92 Å². The van der Waals surface area contributed by atoms with Gasteiger partial charge in [0.1, 0.15) is 5.75 Å². The summed E-state index contributed by atoms with van der Waals surface area (Å²) in [5.74, 6) is 0.731. The summed E-state index contributed by atoms with van der Waals surface area (Å²) in [6.07, 6.45) is 3.65. The lowest BCUT2D eigenvalue weighted by Crippen LogP contribution is -2.21. The molecule has 0 radical (unpaired) electrons. The fraction of sp³-hybridized carbons (Fsp3) is 0.429. The minimum Gasteiger partial charge on any atom is -0.492 e. The van der Waals surface area contributed by atoms with Crippen molar-refractivity contribution < 1.29 is 9.84 Å². The number of likely N-dealkylation sites (tertiary alicyclic amines) is 1. The first-order chi connectivity index (χ1) is 12.2. The second-order valence-electron chi connectivity index (χ2n) is 6.62. The Kier molecular flexibility index (Phi) is 6.35. The monoisotopic (exact) mass is 359 g/mol. The number of benzene rings is 2. The molecule has 2 aromatic carbocycles. The topological polar surface area (TPSA) is 32.7 Å². The Morgan fingerprint density at radius 2 is 1.80 bits per heavy atom. The van der Waals surface area contributed by atoms with Gasteiger partial charge in [0.25, 0.3) is 0 Å². The lowest BCUT2D eigenvalue weighted by molar-refractivity contribution is 0.263. The molecule has 1 heterocycles. The molecule has 0 bridgehead atoms. The van der Waals surface area contributed by atoms with E-state index < -0.39 is 0 Å². The molecule has 0 saturated carbocycles. The third-order valence-corrected chi connectivity index (χ3v) is 5.33. The van der Waals surface area contributed by atoms with E-state index in [1.807, 2.05) is 43.3 Å². The molecular formula is C21H26ClNO2. The Balaban J connectivity index is 1.69. The first-order valence-corrected chi connectivity index (χ1v) is 9.42. The Labute approximate surface area is 155 Å². The summed E-state index contributed by atoms with van der Waals surface area (Å²) in [6.45, 7) is 6.25. The number of aliphatic hydroxyl groups excluding tert-OH is 1. The van der Waals surface area contributed by atoms with E-state index in [9.17, 15) is 5.11 Å². The fourth-order valence-corrected chi connectivity index (χ4v) is 3.74. The van der Waals surface area contributed by atoms with Gasteiger partial charge in [-0.3, -0.25) is 0 Å². The SMILES string of the molecule is Cc1c(CO)cccc1-c1cccc(OCCCN2CCCC2)c1Cl. The molecule has 0 spiro atoms. The smallest absolute Gasteiger partial charge is 0.138 e. The van der Waals surface area contributed by atoms with Gasteiger partial charge in [0.15, 0.2) is 0 Å². The van der Waals surface area contributed by atoms with E-state index in [1.54, 1.807) is 0 Å². The lowest BCUT2D eigenvalue weighted by Gasteiger charge is -2.16. The minimum atomic E-state index is 0.0317. The van der Waals surface area contributed by atoms with E-state index in [2.05, 4.69) is 4.90 Å². The van der Waals surface area contributed by atoms with Crippen LogP contribution in [0.2, 0.25) is 5.02 Å². The molecular weight excluding hydrogens is 334 g/mol. The predicted octanol–water partition coefficient (Wildman–Crippen LogP) is 4.67. The van der Waals surface area contributed by atoms with Crippen LogP contribution < -0.4 is 4.74 Å². The molecule has 0 aromatic heterocycles. The van der Waals surface area contributed by atoms with Crippen LogP contribution >= 0.6 is 11.6 Å². The highest BCUT2D eigenvalue weighted by molar-refractivity contribution is 6.34. The first kappa shape index (κ1) is 18.2. The second kappa shape index (κ2) is 8.70. The first-order valence-electron chi connectivity index (χ1n) is 9.04. The zero-order valence-corrected chi connectivity index (χ0v) is 15.6. The van der Waals surface area contributed by atoms with Crippen molar-refractivity contribution in [2.24, 2.45) is 0 Å². The minimum absolute atomic E-state index is 0.0317. The van der Waals surface area contributed by atoms with E-state index in [0.717, 1.165) is 41.0 Å². The van der Waals surface area contributed by atoms with Gasteiger partial charge in [-0.05, 0) is 62.0 Å². The van der Waals surface area contributed by atoms with Crippen molar-refractivity contribution in [3.63, 3.8) is 0 Å². The standard InChI is InChI=1S/C21H26ClNO2/c1-16-17(15-24)7-4-8-18(16)19-9-5-10-20(21(19)22)25-14-6-13-23-11-2-3-12-23/h4-5,7-10,24H,2-3,6,11-15H2,1H3.